The summed E-state index contributed by atoms with van der Waals surface area (Å²) < 4.78 is 19.8. The van der Waals surface area contributed by atoms with Crippen LogP contribution in [0.5, 0.6) is 0 Å². The normalized spacial score (nSPS) is 30.5. The number of hydrogen-bond acceptors (Lipinski definition) is 4. The van der Waals surface area contributed by atoms with Crippen LogP contribution < -0.4 is 0 Å². The van der Waals surface area contributed by atoms with Gasteiger partial charge in [-0.2, -0.15) is 4.39 Å². The van der Waals surface area contributed by atoms with Crippen molar-refractivity contribution in [2.24, 2.45) is 5.41 Å². The van der Waals surface area contributed by atoms with Gasteiger partial charge in [-0.3, -0.25) is 14.9 Å². The summed E-state index contributed by atoms with van der Waals surface area (Å²) in [7, 11) is 0. The van der Waals surface area contributed by atoms with Crippen LogP contribution in [0, 0.1) is 21.3 Å². The third-order valence-electron chi connectivity index (χ3n) is 4.50. The van der Waals surface area contributed by atoms with E-state index in [9.17, 15) is 24.4 Å². The molecule has 0 amide bonds. The molecule has 2 aliphatic rings. The number of halogens is 1. The van der Waals surface area contributed by atoms with Crippen molar-refractivity contribution >= 4 is 11.7 Å². The highest BCUT2D eigenvalue weighted by Gasteiger charge is 2.57. The lowest BCUT2D eigenvalue weighted by molar-refractivity contribution is -0.387. The Morgan fingerprint density at radius 3 is 2.81 bits per heavy atom. The summed E-state index contributed by atoms with van der Waals surface area (Å²) in [4.78, 5) is 21.7. The Kier molecular flexibility index (Phi) is 3.16. The second-order valence-corrected chi connectivity index (χ2v) is 5.67. The first kappa shape index (κ1) is 13.9. The number of nitrogens with zero attached hydrogens (tertiary/aromatic N) is 1. The van der Waals surface area contributed by atoms with Gasteiger partial charge >= 0.3 is 11.7 Å². The summed E-state index contributed by atoms with van der Waals surface area (Å²) in [6, 6.07) is 3.85. The molecule has 7 heteroatoms. The molecule has 2 bridgehead atoms. The monoisotopic (exact) mass is 295 g/mol. The van der Waals surface area contributed by atoms with Gasteiger partial charge in [-0.1, -0.05) is 12.1 Å². The number of nitro benzene ring substituents is 1. The lowest BCUT2D eigenvalue weighted by Crippen LogP contribution is -2.42. The van der Waals surface area contributed by atoms with Crippen molar-refractivity contribution in [2.75, 3.05) is 0 Å². The molecule has 0 aromatic heterocycles. The molecule has 1 aromatic rings. The number of carbonyl (C=O) groups is 1. The van der Waals surface area contributed by atoms with Crippen molar-refractivity contribution in [3.8, 4) is 0 Å². The van der Waals surface area contributed by atoms with Crippen LogP contribution in [0.4, 0.5) is 10.1 Å². The molecule has 2 saturated heterocycles. The van der Waals surface area contributed by atoms with E-state index in [4.69, 9.17) is 4.74 Å². The highest BCUT2D eigenvalue weighted by Crippen LogP contribution is 2.50. The molecule has 0 radical (unpaired) electrons. The molecule has 1 aromatic carbocycles. The number of benzene rings is 1. The SMILES string of the molecule is O=C(O)C1(Cc2cccc([N+](=O)[O-])c2F)CC2CCC1O2. The van der Waals surface area contributed by atoms with Gasteiger partial charge in [0.15, 0.2) is 0 Å². The van der Waals surface area contributed by atoms with Gasteiger partial charge in [0, 0.05) is 6.07 Å². The lowest BCUT2D eigenvalue weighted by atomic mass is 9.70. The Morgan fingerprint density at radius 2 is 2.29 bits per heavy atom. The van der Waals surface area contributed by atoms with Gasteiger partial charge in [-0.15, -0.1) is 0 Å². The van der Waals surface area contributed by atoms with Crippen LogP contribution in [-0.2, 0) is 16.0 Å². The number of ether oxygens (including phenoxy) is 1. The summed E-state index contributed by atoms with van der Waals surface area (Å²) in [6.07, 6.45) is 1.14. The molecule has 0 saturated carbocycles. The Morgan fingerprint density at radius 1 is 1.52 bits per heavy atom. The molecule has 0 aliphatic carbocycles. The summed E-state index contributed by atoms with van der Waals surface area (Å²) in [6.45, 7) is 0. The molecule has 2 heterocycles. The Bertz CT molecular complexity index is 619. The summed E-state index contributed by atoms with van der Waals surface area (Å²) in [5, 5.41) is 20.4. The highest BCUT2D eigenvalue weighted by molar-refractivity contribution is 5.77. The smallest absolute Gasteiger partial charge is 0.312 e. The van der Waals surface area contributed by atoms with Gasteiger partial charge < -0.3 is 9.84 Å². The fourth-order valence-electron chi connectivity index (χ4n) is 3.47. The number of nitro groups is 1. The molecule has 1 N–H and O–H groups in total. The maximum absolute atomic E-state index is 14.2. The molecule has 112 valence electrons. The van der Waals surface area contributed by atoms with Crippen LogP contribution in [0.3, 0.4) is 0 Å². The van der Waals surface area contributed by atoms with E-state index in [-0.39, 0.29) is 18.1 Å². The minimum Gasteiger partial charge on any atom is -0.481 e. The molecule has 2 fully saturated rings. The second-order valence-electron chi connectivity index (χ2n) is 5.67. The first-order valence-electron chi connectivity index (χ1n) is 6.74. The van der Waals surface area contributed by atoms with E-state index in [1.54, 1.807) is 0 Å². The minimum atomic E-state index is -1.18. The van der Waals surface area contributed by atoms with Gasteiger partial charge in [0.1, 0.15) is 5.41 Å². The van der Waals surface area contributed by atoms with Gasteiger partial charge in [0.2, 0.25) is 5.82 Å². The lowest BCUT2D eigenvalue weighted by Gasteiger charge is -2.31. The van der Waals surface area contributed by atoms with E-state index in [1.807, 2.05) is 0 Å². The molecule has 3 rings (SSSR count). The summed E-state index contributed by atoms with van der Waals surface area (Å²) >= 11 is 0. The maximum atomic E-state index is 14.2. The molecule has 2 aliphatic heterocycles. The zero-order valence-electron chi connectivity index (χ0n) is 11.1. The van der Waals surface area contributed by atoms with Gasteiger partial charge in [-0.05, 0) is 31.2 Å². The standard InChI is InChI=1S/C14H14FNO5/c15-12-8(2-1-3-10(12)16(19)20)6-14(13(17)18)7-9-4-5-11(14)21-9/h1-3,9,11H,4-7H2,(H,17,18). The largest absolute Gasteiger partial charge is 0.481 e. The van der Waals surface area contributed by atoms with E-state index >= 15 is 0 Å². The molecule has 0 spiro atoms. The van der Waals surface area contributed by atoms with Crippen LogP contribution in [0.2, 0.25) is 0 Å². The molecule has 3 atom stereocenters. The van der Waals surface area contributed by atoms with E-state index < -0.39 is 33.9 Å². The van der Waals surface area contributed by atoms with E-state index in [1.165, 1.54) is 12.1 Å². The molecule has 21 heavy (non-hydrogen) atoms. The van der Waals surface area contributed by atoms with Crippen LogP contribution in [0.15, 0.2) is 18.2 Å². The van der Waals surface area contributed by atoms with Crippen molar-refractivity contribution < 1.29 is 24.0 Å². The maximum Gasteiger partial charge on any atom is 0.312 e. The van der Waals surface area contributed by atoms with Crippen molar-refractivity contribution in [1.29, 1.82) is 0 Å². The number of rotatable bonds is 4. The third kappa shape index (κ3) is 2.08. The molecular weight excluding hydrogens is 281 g/mol. The highest BCUT2D eigenvalue weighted by atomic mass is 19.1. The topological polar surface area (TPSA) is 89.7 Å². The zero-order chi connectivity index (χ0) is 15.2. The number of carboxylic acids is 1. The van der Waals surface area contributed by atoms with Crippen LogP contribution in [0.25, 0.3) is 0 Å². The first-order valence-corrected chi connectivity index (χ1v) is 6.74. The Hall–Kier alpha value is -2.02. The van der Waals surface area contributed by atoms with Crippen LogP contribution >= 0.6 is 0 Å². The molecule has 6 nitrogen and oxygen atoms in total. The van der Waals surface area contributed by atoms with Crippen molar-refractivity contribution in [3.63, 3.8) is 0 Å². The van der Waals surface area contributed by atoms with Gasteiger partial charge in [-0.25, -0.2) is 0 Å². The van der Waals surface area contributed by atoms with Gasteiger partial charge in [0.25, 0.3) is 0 Å². The number of fused-ring (bicyclic) bond motifs is 2. The van der Waals surface area contributed by atoms with Crippen molar-refractivity contribution in [2.45, 2.75) is 37.9 Å². The quantitative estimate of drug-likeness (QED) is 0.680. The van der Waals surface area contributed by atoms with Crippen molar-refractivity contribution in [1.82, 2.24) is 0 Å². The second kappa shape index (κ2) is 4.77. The first-order chi connectivity index (χ1) is 9.94. The molecule has 3 unspecified atom stereocenters. The fraction of sp³-hybridized carbons (Fsp3) is 0.500. The number of hydrogen-bond donors (Lipinski definition) is 1. The number of aliphatic carboxylic acids is 1. The van der Waals surface area contributed by atoms with E-state index in [2.05, 4.69) is 0 Å². The van der Waals surface area contributed by atoms with Crippen LogP contribution in [0.1, 0.15) is 24.8 Å². The predicted molar refractivity (Wildman–Crippen MR) is 69.3 cm³/mol. The van der Waals surface area contributed by atoms with E-state index in [0.29, 0.717) is 12.8 Å². The van der Waals surface area contributed by atoms with E-state index in [0.717, 1.165) is 12.5 Å². The third-order valence-corrected chi connectivity index (χ3v) is 4.50. The van der Waals surface area contributed by atoms with Gasteiger partial charge in [0.05, 0.1) is 17.1 Å². The fourth-order valence-corrected chi connectivity index (χ4v) is 3.47. The predicted octanol–water partition coefficient (Wildman–Crippen LogP) is 2.30. The summed E-state index contributed by atoms with van der Waals surface area (Å²) in [5.41, 5.74) is -1.75. The summed E-state index contributed by atoms with van der Waals surface area (Å²) in [5.74, 6) is -1.98. The molecular formula is C14H14FNO5. The average molecular weight is 295 g/mol. The Labute approximate surface area is 119 Å². The zero-order valence-corrected chi connectivity index (χ0v) is 11.1. The number of carboxylic acid groups (broad SMARTS) is 1. The van der Waals surface area contributed by atoms with Crippen molar-refractivity contribution in [3.05, 3.63) is 39.7 Å². The van der Waals surface area contributed by atoms with Crippen LogP contribution in [-0.4, -0.2) is 28.2 Å². The minimum absolute atomic E-state index is 0.0581. The average Bonchev–Trinajstić information content (AvgIpc) is 3.01. The Balaban J connectivity index is 1.97.